The van der Waals surface area contributed by atoms with E-state index in [0.29, 0.717) is 12.6 Å². The number of benzene rings is 8. The zero-order chi connectivity index (χ0) is 41.4. The summed E-state index contributed by atoms with van der Waals surface area (Å²) in [4.78, 5) is 7.01. The predicted molar refractivity (Wildman–Crippen MR) is 262 cm³/mol. The number of para-hydroxylation sites is 2. The van der Waals surface area contributed by atoms with Gasteiger partial charge in [0.15, 0.2) is 0 Å². The van der Waals surface area contributed by atoms with E-state index >= 15 is 0 Å². The highest BCUT2D eigenvalue weighted by Gasteiger charge is 2.46. The van der Waals surface area contributed by atoms with Crippen molar-refractivity contribution >= 4 is 60.2 Å². The second kappa shape index (κ2) is 14.4. The molecule has 2 N–H and O–H groups in total. The van der Waals surface area contributed by atoms with Crippen molar-refractivity contribution in [2.75, 3.05) is 5.73 Å². The van der Waals surface area contributed by atoms with Gasteiger partial charge in [0.2, 0.25) is 0 Å². The van der Waals surface area contributed by atoms with Crippen molar-refractivity contribution in [1.29, 1.82) is 0 Å². The van der Waals surface area contributed by atoms with Gasteiger partial charge in [0, 0.05) is 37.2 Å². The van der Waals surface area contributed by atoms with E-state index in [0.717, 1.165) is 34.4 Å². The Balaban J connectivity index is 1.08. The Morgan fingerprint density at radius 2 is 1.24 bits per heavy atom. The summed E-state index contributed by atoms with van der Waals surface area (Å²) in [5, 5.41) is 3.77. The molecule has 2 aliphatic carbocycles. The Morgan fingerprint density at radius 3 is 2.02 bits per heavy atom. The normalized spacial score (nSPS) is 15.4. The van der Waals surface area contributed by atoms with E-state index < -0.39 is 5.41 Å². The maximum atomic E-state index is 6.91. The fraction of sp³-hybridized carbons (Fsp3) is 0.0862. The minimum atomic E-state index is -0.504. The first-order chi connectivity index (χ1) is 30.6. The molecule has 12 rings (SSSR count). The van der Waals surface area contributed by atoms with Crippen LogP contribution in [0.2, 0.25) is 0 Å². The van der Waals surface area contributed by atoms with Gasteiger partial charge in [0.25, 0.3) is 0 Å². The van der Waals surface area contributed by atoms with Crippen LogP contribution in [0.4, 0.5) is 5.69 Å². The van der Waals surface area contributed by atoms with Crippen molar-refractivity contribution in [2.24, 2.45) is 10.9 Å². The number of allylic oxidation sites excluding steroid dienone is 2. The third-order valence-electron chi connectivity index (χ3n) is 13.3. The summed E-state index contributed by atoms with van der Waals surface area (Å²) in [5.41, 5.74) is 24.1. The number of rotatable bonds is 7. The molecule has 0 saturated heterocycles. The predicted octanol–water partition coefficient (Wildman–Crippen LogP) is 14.3. The number of nitrogens with two attached hydrogens (primary N) is 1. The average molecular weight is 814 g/mol. The van der Waals surface area contributed by atoms with Crippen LogP contribution in [0.5, 0.6) is 0 Å². The van der Waals surface area contributed by atoms with E-state index in [9.17, 15) is 0 Å². The maximum absolute atomic E-state index is 6.91. The minimum Gasteiger partial charge on any atom is -0.398 e. The lowest BCUT2D eigenvalue weighted by molar-refractivity contribution is 0.721. The van der Waals surface area contributed by atoms with Crippen LogP contribution in [0.15, 0.2) is 205 Å². The van der Waals surface area contributed by atoms with Crippen LogP contribution >= 0.6 is 11.3 Å². The van der Waals surface area contributed by atoms with Gasteiger partial charge in [-0.25, -0.2) is 0 Å². The van der Waals surface area contributed by atoms with Crippen LogP contribution in [0.25, 0.3) is 59.7 Å². The zero-order valence-corrected chi connectivity index (χ0v) is 35.2. The molecule has 296 valence electrons. The number of hydrogen-bond acceptors (Lipinski definition) is 3. The van der Waals surface area contributed by atoms with Crippen molar-refractivity contribution in [3.05, 3.63) is 238 Å². The summed E-state index contributed by atoms with van der Waals surface area (Å²) < 4.78 is 3.74. The van der Waals surface area contributed by atoms with E-state index in [2.05, 4.69) is 200 Å². The second-order valence-corrected chi connectivity index (χ2v) is 17.9. The molecule has 3 nitrogen and oxygen atoms in total. The molecule has 0 bridgehead atoms. The van der Waals surface area contributed by atoms with Crippen molar-refractivity contribution in [2.45, 2.75) is 25.4 Å². The first-order valence-corrected chi connectivity index (χ1v) is 22.4. The molecule has 8 aromatic carbocycles. The molecule has 4 heteroatoms. The molecule has 2 heterocycles. The number of nitrogen functional groups attached to an aromatic ring is 1. The quantitative estimate of drug-likeness (QED) is 0.126. The Morgan fingerprint density at radius 1 is 0.613 bits per heavy atom. The van der Waals surface area contributed by atoms with Gasteiger partial charge in [0.05, 0.1) is 22.2 Å². The van der Waals surface area contributed by atoms with E-state index in [4.69, 9.17) is 10.7 Å². The van der Waals surface area contributed by atoms with Gasteiger partial charge in [-0.05, 0) is 86.0 Å². The van der Waals surface area contributed by atoms with Crippen LogP contribution < -0.4 is 5.73 Å². The standard InChI is InChI=1S/C58H43N3S/c1-37-33-48-46-26-16-25-41(38-17-4-2-5-18-38)56(46)62-57(48)49(34-37)55(47-24-10-14-29-52(47)59)60-36-61-53-30-15-11-23-44(53)45-32-31-40(35-54(45)61)58(39-19-6-3-7-20-39)50-27-12-8-21-42(50)43-22-9-13-28-51(43)58/h2-32,34-35,37H,33,36,59H2,1H3/b60-55+. The number of aliphatic imine (C=N–C) groups is 1. The Bertz CT molecular complexity index is 3400. The lowest BCUT2D eigenvalue weighted by atomic mass is 9.67. The van der Waals surface area contributed by atoms with E-state index in [1.54, 1.807) is 0 Å². The lowest BCUT2D eigenvalue weighted by Crippen LogP contribution is -2.28. The lowest BCUT2D eigenvalue weighted by Gasteiger charge is -2.34. The Labute approximate surface area is 365 Å². The van der Waals surface area contributed by atoms with Gasteiger partial charge in [-0.2, -0.15) is 0 Å². The first kappa shape index (κ1) is 36.6. The molecule has 1 atom stereocenters. The number of thiophene rings is 1. The summed E-state index contributed by atoms with van der Waals surface area (Å²) in [6.07, 6.45) is 3.42. The van der Waals surface area contributed by atoms with E-state index in [1.807, 2.05) is 23.5 Å². The molecule has 10 aromatic rings. The van der Waals surface area contributed by atoms with Crippen LogP contribution in [-0.4, -0.2) is 10.3 Å². The molecule has 0 amide bonds. The molecule has 0 aliphatic heterocycles. The summed E-state index contributed by atoms with van der Waals surface area (Å²) in [7, 11) is 0. The molecular formula is C58H43N3S. The molecule has 2 aromatic heterocycles. The maximum Gasteiger partial charge on any atom is 0.115 e. The second-order valence-electron chi connectivity index (χ2n) is 16.8. The summed E-state index contributed by atoms with van der Waals surface area (Å²) >= 11 is 1.89. The molecule has 1 unspecified atom stereocenters. The molecule has 2 aliphatic rings. The number of anilines is 1. The van der Waals surface area contributed by atoms with Crippen LogP contribution in [0.3, 0.4) is 0 Å². The van der Waals surface area contributed by atoms with Crippen LogP contribution in [0.1, 0.15) is 45.2 Å². The molecule has 0 saturated carbocycles. The van der Waals surface area contributed by atoms with Crippen molar-refractivity contribution in [3.8, 4) is 22.3 Å². The van der Waals surface area contributed by atoms with Crippen molar-refractivity contribution < 1.29 is 0 Å². The summed E-state index contributed by atoms with van der Waals surface area (Å²) in [5.74, 6) is 0.327. The summed E-state index contributed by atoms with van der Waals surface area (Å²) in [6.45, 7) is 2.75. The van der Waals surface area contributed by atoms with Gasteiger partial charge in [-0.15, -0.1) is 11.3 Å². The molecule has 0 spiro atoms. The molecule has 0 radical (unpaired) electrons. The van der Waals surface area contributed by atoms with E-state index in [-0.39, 0.29) is 0 Å². The molecule has 62 heavy (non-hydrogen) atoms. The number of aromatic nitrogens is 1. The highest BCUT2D eigenvalue weighted by Crippen LogP contribution is 2.56. The minimum absolute atomic E-state index is 0.327. The smallest absolute Gasteiger partial charge is 0.115 e. The molecular weight excluding hydrogens is 771 g/mol. The molecule has 0 fully saturated rings. The monoisotopic (exact) mass is 813 g/mol. The van der Waals surface area contributed by atoms with Gasteiger partial charge in [0.1, 0.15) is 6.67 Å². The summed E-state index contributed by atoms with van der Waals surface area (Å²) in [6, 6.07) is 70.7. The first-order valence-electron chi connectivity index (χ1n) is 21.6. The van der Waals surface area contributed by atoms with Crippen molar-refractivity contribution in [1.82, 2.24) is 4.57 Å². The fourth-order valence-electron chi connectivity index (χ4n) is 10.7. The van der Waals surface area contributed by atoms with Crippen LogP contribution in [0, 0.1) is 5.92 Å². The van der Waals surface area contributed by atoms with Crippen LogP contribution in [-0.2, 0) is 18.5 Å². The fourth-order valence-corrected chi connectivity index (χ4v) is 12.1. The highest BCUT2D eigenvalue weighted by atomic mass is 32.1. The number of fused-ring (bicyclic) bond motifs is 9. The van der Waals surface area contributed by atoms with Crippen molar-refractivity contribution in [3.63, 3.8) is 0 Å². The number of hydrogen-bond donors (Lipinski definition) is 1. The van der Waals surface area contributed by atoms with Gasteiger partial charge >= 0.3 is 0 Å². The highest BCUT2D eigenvalue weighted by molar-refractivity contribution is 7.21. The van der Waals surface area contributed by atoms with E-state index in [1.165, 1.54) is 81.4 Å². The number of nitrogens with zero attached hydrogens (tertiary/aromatic N) is 2. The average Bonchev–Trinajstić information content (AvgIpc) is 3.96. The third-order valence-corrected chi connectivity index (χ3v) is 14.6. The SMILES string of the molecule is CC1C=C(/C(=N/Cn2c3ccccc3c3ccc(C4(c5ccccc5)c5ccccc5-c5ccccc54)cc32)c2ccccc2N)c2sc3c(-c4ccccc4)cccc3c2C1. The van der Waals surface area contributed by atoms with Gasteiger partial charge < -0.3 is 10.3 Å². The topological polar surface area (TPSA) is 43.3 Å². The zero-order valence-electron chi connectivity index (χ0n) is 34.4. The third kappa shape index (κ3) is 5.46. The largest absolute Gasteiger partial charge is 0.398 e. The van der Waals surface area contributed by atoms with Gasteiger partial charge in [-0.1, -0.05) is 189 Å². The Kier molecular flexibility index (Phi) is 8.51. The van der Waals surface area contributed by atoms with Gasteiger partial charge in [-0.3, -0.25) is 4.99 Å². The Hall–Kier alpha value is -7.27.